The van der Waals surface area contributed by atoms with E-state index in [2.05, 4.69) is 15.3 Å². The van der Waals surface area contributed by atoms with Gasteiger partial charge in [0.15, 0.2) is 5.69 Å². The summed E-state index contributed by atoms with van der Waals surface area (Å²) in [5.74, 6) is -0.921. The van der Waals surface area contributed by atoms with E-state index >= 15 is 0 Å². The maximum absolute atomic E-state index is 13.6. The Morgan fingerprint density at radius 1 is 1.25 bits per heavy atom. The number of aromatic nitrogens is 4. The fraction of sp³-hybridized carbons (Fsp3) is 0.316. The zero-order valence-corrected chi connectivity index (χ0v) is 15.2. The molecule has 0 saturated carbocycles. The molecule has 3 aromatic rings. The molecule has 0 aliphatic carbocycles. The minimum Gasteiger partial charge on any atom is -0.364 e. The molecule has 3 heterocycles. The average molecular weight is 382 g/mol. The van der Waals surface area contributed by atoms with Crippen LogP contribution in [0.5, 0.6) is 0 Å². The highest BCUT2D eigenvalue weighted by Crippen LogP contribution is 2.27. The first-order chi connectivity index (χ1) is 13.4. The quantitative estimate of drug-likeness (QED) is 0.737. The van der Waals surface area contributed by atoms with E-state index in [4.69, 9.17) is 5.73 Å². The molecule has 1 aliphatic heterocycles. The third-order valence-electron chi connectivity index (χ3n) is 5.03. The topological polar surface area (TPSA) is 107 Å². The van der Waals surface area contributed by atoms with Gasteiger partial charge in [-0.15, -0.1) is 0 Å². The molecule has 2 amide bonds. The van der Waals surface area contributed by atoms with Crippen molar-refractivity contribution < 1.29 is 14.0 Å². The zero-order chi connectivity index (χ0) is 19.8. The van der Waals surface area contributed by atoms with Crippen LogP contribution in [0.1, 0.15) is 23.8 Å². The number of halogens is 1. The highest BCUT2D eigenvalue weighted by molar-refractivity contribution is 6.05. The first-order valence-corrected chi connectivity index (χ1v) is 8.95. The number of hydrogen-bond acceptors (Lipinski definition) is 5. The number of carbonyl (C=O) groups excluding carboxylic acids is 2. The summed E-state index contributed by atoms with van der Waals surface area (Å²) in [5.41, 5.74) is 7.84. The van der Waals surface area contributed by atoms with Crippen molar-refractivity contribution in [1.82, 2.24) is 24.9 Å². The molecule has 2 atom stereocenters. The molecular formula is C19H19FN6O2. The van der Waals surface area contributed by atoms with Crippen molar-refractivity contribution in [2.75, 3.05) is 6.54 Å². The fourth-order valence-corrected chi connectivity index (χ4v) is 3.65. The lowest BCUT2D eigenvalue weighted by Crippen LogP contribution is -2.36. The molecule has 1 aliphatic rings. The normalized spacial score (nSPS) is 19.3. The lowest BCUT2D eigenvalue weighted by Gasteiger charge is -2.21. The predicted octanol–water partition coefficient (Wildman–Crippen LogP) is 1.55. The van der Waals surface area contributed by atoms with Crippen LogP contribution in [0.3, 0.4) is 0 Å². The highest BCUT2D eigenvalue weighted by atomic mass is 19.1. The Balaban J connectivity index is 1.71. The largest absolute Gasteiger partial charge is 0.364 e. The lowest BCUT2D eigenvalue weighted by molar-refractivity contribution is -0.132. The van der Waals surface area contributed by atoms with Crippen LogP contribution in [0.4, 0.5) is 4.39 Å². The van der Waals surface area contributed by atoms with Crippen LogP contribution in [-0.4, -0.2) is 55.5 Å². The Kier molecular flexibility index (Phi) is 4.50. The number of nitrogens with two attached hydrogens (primary N) is 1. The first-order valence-electron chi connectivity index (χ1n) is 8.95. The number of primary amides is 1. The molecule has 2 aromatic heterocycles. The van der Waals surface area contributed by atoms with Gasteiger partial charge in [-0.05, 0) is 30.7 Å². The first kappa shape index (κ1) is 18.0. The van der Waals surface area contributed by atoms with E-state index in [1.165, 1.54) is 9.58 Å². The van der Waals surface area contributed by atoms with Gasteiger partial charge in [0.2, 0.25) is 5.91 Å². The van der Waals surface area contributed by atoms with E-state index in [1.54, 1.807) is 30.6 Å². The zero-order valence-electron chi connectivity index (χ0n) is 15.2. The standard InChI is InChI=1S/C19H19FN6O2/c1-11-6-14(20)9-25(11)17(27)10-26-16-3-2-12(13-4-5-22-23-8-13)7-15(16)18(24-26)19(21)28/h2-5,7-8,11,14H,6,9-10H2,1H3,(H2,21,28). The monoisotopic (exact) mass is 382 g/mol. The number of carbonyl (C=O) groups is 2. The van der Waals surface area contributed by atoms with E-state index in [-0.39, 0.29) is 30.7 Å². The molecular weight excluding hydrogens is 363 g/mol. The number of alkyl halides is 1. The van der Waals surface area contributed by atoms with Crippen LogP contribution < -0.4 is 5.73 Å². The molecule has 2 unspecified atom stereocenters. The van der Waals surface area contributed by atoms with Crippen LogP contribution in [0, 0.1) is 0 Å². The molecule has 1 fully saturated rings. The van der Waals surface area contributed by atoms with Crippen LogP contribution in [0.2, 0.25) is 0 Å². The minimum absolute atomic E-state index is 0.0844. The molecule has 0 radical (unpaired) electrons. The number of likely N-dealkylation sites (tertiary alicyclic amines) is 1. The Morgan fingerprint density at radius 3 is 2.71 bits per heavy atom. The van der Waals surface area contributed by atoms with E-state index in [0.717, 1.165) is 11.1 Å². The Labute approximate surface area is 160 Å². The molecule has 4 rings (SSSR count). The molecule has 28 heavy (non-hydrogen) atoms. The van der Waals surface area contributed by atoms with Crippen LogP contribution in [0.25, 0.3) is 22.0 Å². The summed E-state index contributed by atoms with van der Waals surface area (Å²) in [4.78, 5) is 26.1. The molecule has 1 aromatic carbocycles. The molecule has 1 saturated heterocycles. The smallest absolute Gasteiger partial charge is 0.269 e. The molecule has 0 spiro atoms. The summed E-state index contributed by atoms with van der Waals surface area (Å²) in [6, 6.07) is 7.06. The van der Waals surface area contributed by atoms with Gasteiger partial charge in [-0.25, -0.2) is 4.39 Å². The maximum Gasteiger partial charge on any atom is 0.269 e. The number of benzene rings is 1. The Hall–Kier alpha value is -3.36. The second-order valence-corrected chi connectivity index (χ2v) is 6.96. The number of hydrogen-bond donors (Lipinski definition) is 1. The summed E-state index contributed by atoms with van der Waals surface area (Å²) < 4.78 is 15.1. The van der Waals surface area contributed by atoms with Crippen LogP contribution in [-0.2, 0) is 11.3 Å². The third-order valence-corrected chi connectivity index (χ3v) is 5.03. The van der Waals surface area contributed by atoms with E-state index in [0.29, 0.717) is 17.3 Å². The van der Waals surface area contributed by atoms with Gasteiger partial charge >= 0.3 is 0 Å². The van der Waals surface area contributed by atoms with Gasteiger partial charge in [-0.3, -0.25) is 14.3 Å². The fourth-order valence-electron chi connectivity index (χ4n) is 3.65. The maximum atomic E-state index is 13.6. The van der Waals surface area contributed by atoms with Crippen molar-refractivity contribution in [3.05, 3.63) is 42.4 Å². The lowest BCUT2D eigenvalue weighted by atomic mass is 10.0. The predicted molar refractivity (Wildman–Crippen MR) is 100.0 cm³/mol. The SMILES string of the molecule is CC1CC(F)CN1C(=O)Cn1nc(C(N)=O)c2cc(-c3ccnnc3)ccc21. The van der Waals surface area contributed by atoms with Gasteiger partial charge in [0.25, 0.3) is 5.91 Å². The van der Waals surface area contributed by atoms with Crippen molar-refractivity contribution in [2.24, 2.45) is 5.73 Å². The van der Waals surface area contributed by atoms with E-state index in [9.17, 15) is 14.0 Å². The summed E-state index contributed by atoms with van der Waals surface area (Å²) in [6.07, 6.45) is 2.51. The molecule has 2 N–H and O–H groups in total. The number of amides is 2. The van der Waals surface area contributed by atoms with Gasteiger partial charge in [0.05, 0.1) is 24.5 Å². The van der Waals surface area contributed by atoms with Crippen molar-refractivity contribution >= 4 is 22.7 Å². The molecule has 9 heteroatoms. The second-order valence-electron chi connectivity index (χ2n) is 6.96. The Morgan fingerprint density at radius 2 is 2.07 bits per heavy atom. The van der Waals surface area contributed by atoms with Crippen molar-refractivity contribution in [3.8, 4) is 11.1 Å². The summed E-state index contributed by atoms with van der Waals surface area (Å²) in [6.45, 7) is 1.82. The number of rotatable bonds is 4. The van der Waals surface area contributed by atoms with Crippen LogP contribution in [0.15, 0.2) is 36.7 Å². The van der Waals surface area contributed by atoms with Gasteiger partial charge in [0.1, 0.15) is 12.7 Å². The summed E-state index contributed by atoms with van der Waals surface area (Å²) in [7, 11) is 0. The van der Waals surface area contributed by atoms with Gasteiger partial charge in [-0.1, -0.05) is 6.07 Å². The van der Waals surface area contributed by atoms with Crippen LogP contribution >= 0.6 is 0 Å². The number of nitrogens with zero attached hydrogens (tertiary/aromatic N) is 5. The highest BCUT2D eigenvalue weighted by Gasteiger charge is 2.32. The summed E-state index contributed by atoms with van der Waals surface area (Å²) >= 11 is 0. The molecule has 8 nitrogen and oxygen atoms in total. The van der Waals surface area contributed by atoms with Crippen molar-refractivity contribution in [1.29, 1.82) is 0 Å². The van der Waals surface area contributed by atoms with E-state index in [1.807, 2.05) is 13.0 Å². The van der Waals surface area contributed by atoms with Gasteiger partial charge in [-0.2, -0.15) is 15.3 Å². The Bertz CT molecular complexity index is 1050. The average Bonchev–Trinajstić information content (AvgIpc) is 3.21. The summed E-state index contributed by atoms with van der Waals surface area (Å²) in [5, 5.41) is 12.4. The van der Waals surface area contributed by atoms with Crippen molar-refractivity contribution in [3.63, 3.8) is 0 Å². The minimum atomic E-state index is -1.01. The second kappa shape index (κ2) is 6.99. The third kappa shape index (κ3) is 3.19. The molecule has 0 bridgehead atoms. The number of fused-ring (bicyclic) bond motifs is 1. The van der Waals surface area contributed by atoms with Gasteiger partial charge in [0, 0.05) is 23.4 Å². The van der Waals surface area contributed by atoms with E-state index < -0.39 is 12.1 Å². The van der Waals surface area contributed by atoms with Gasteiger partial charge < -0.3 is 10.6 Å². The van der Waals surface area contributed by atoms with Crippen molar-refractivity contribution in [2.45, 2.75) is 32.1 Å². The molecule has 144 valence electrons.